The van der Waals surface area contributed by atoms with Gasteiger partial charge in [-0.2, -0.15) is 0 Å². The van der Waals surface area contributed by atoms with Crippen molar-refractivity contribution in [2.75, 3.05) is 12.8 Å². The van der Waals surface area contributed by atoms with Gasteiger partial charge in [0, 0.05) is 11.8 Å². The summed E-state index contributed by atoms with van der Waals surface area (Å²) < 4.78 is 20.6. The lowest BCUT2D eigenvalue weighted by atomic mass is 10.2. The van der Waals surface area contributed by atoms with Gasteiger partial charge in [-0.1, -0.05) is 11.6 Å². The first kappa shape index (κ1) is 13.7. The van der Waals surface area contributed by atoms with Crippen LogP contribution in [0.1, 0.15) is 5.56 Å². The standard InChI is InChI=1S/C15H13ClFN3O/c1-8-5-9(3-4-14(8)21-2)20-13-7-11(17)10(16)6-12(13)19-15(20)18/h3-7H,1-2H3,(H2,18,19). The summed E-state index contributed by atoms with van der Waals surface area (Å²) in [4.78, 5) is 4.22. The van der Waals surface area contributed by atoms with Gasteiger partial charge in [-0.3, -0.25) is 4.57 Å². The summed E-state index contributed by atoms with van der Waals surface area (Å²) >= 11 is 5.78. The normalized spacial score (nSPS) is 11.0. The Hall–Kier alpha value is -2.27. The lowest BCUT2D eigenvalue weighted by molar-refractivity contribution is 0.411. The van der Waals surface area contributed by atoms with Gasteiger partial charge in [-0.15, -0.1) is 0 Å². The molecule has 6 heteroatoms. The maximum absolute atomic E-state index is 13.7. The first-order chi connectivity index (χ1) is 10.0. The smallest absolute Gasteiger partial charge is 0.205 e. The number of benzene rings is 2. The number of hydrogen-bond acceptors (Lipinski definition) is 3. The fourth-order valence-electron chi connectivity index (χ4n) is 2.36. The van der Waals surface area contributed by atoms with Crippen molar-refractivity contribution in [3.63, 3.8) is 0 Å². The highest BCUT2D eigenvalue weighted by Gasteiger charge is 2.14. The van der Waals surface area contributed by atoms with Gasteiger partial charge in [0.25, 0.3) is 0 Å². The van der Waals surface area contributed by atoms with Crippen LogP contribution in [0.15, 0.2) is 30.3 Å². The molecule has 0 atom stereocenters. The van der Waals surface area contributed by atoms with Crippen molar-refractivity contribution in [2.45, 2.75) is 6.92 Å². The van der Waals surface area contributed by atoms with E-state index in [4.69, 9.17) is 22.1 Å². The van der Waals surface area contributed by atoms with Crippen LogP contribution in [-0.4, -0.2) is 16.7 Å². The van der Waals surface area contributed by atoms with Crippen molar-refractivity contribution in [3.05, 3.63) is 46.7 Å². The second kappa shape index (κ2) is 4.93. The number of methoxy groups -OCH3 is 1. The van der Waals surface area contributed by atoms with Gasteiger partial charge >= 0.3 is 0 Å². The molecule has 0 fully saturated rings. The third kappa shape index (κ3) is 2.19. The van der Waals surface area contributed by atoms with Gasteiger partial charge in [-0.25, -0.2) is 9.37 Å². The van der Waals surface area contributed by atoms with E-state index in [1.165, 1.54) is 12.1 Å². The first-order valence-corrected chi connectivity index (χ1v) is 6.67. The summed E-state index contributed by atoms with van der Waals surface area (Å²) in [7, 11) is 1.61. The molecule has 3 aromatic rings. The molecule has 3 rings (SSSR count). The lowest BCUT2D eigenvalue weighted by Crippen LogP contribution is -2.01. The molecule has 0 aliphatic rings. The van der Waals surface area contributed by atoms with Gasteiger partial charge < -0.3 is 10.5 Å². The average molecular weight is 306 g/mol. The van der Waals surface area contributed by atoms with Crippen LogP contribution >= 0.6 is 11.6 Å². The largest absolute Gasteiger partial charge is 0.496 e. The van der Waals surface area contributed by atoms with Crippen molar-refractivity contribution >= 4 is 28.6 Å². The summed E-state index contributed by atoms with van der Waals surface area (Å²) in [5.41, 5.74) is 8.81. The van der Waals surface area contributed by atoms with E-state index >= 15 is 0 Å². The molecular weight excluding hydrogens is 293 g/mol. The van der Waals surface area contributed by atoms with Crippen LogP contribution in [0.3, 0.4) is 0 Å². The zero-order valence-corrected chi connectivity index (χ0v) is 12.3. The van der Waals surface area contributed by atoms with Gasteiger partial charge in [0.2, 0.25) is 5.95 Å². The van der Waals surface area contributed by atoms with Crippen LogP contribution in [-0.2, 0) is 0 Å². The monoisotopic (exact) mass is 305 g/mol. The number of halogens is 2. The quantitative estimate of drug-likeness (QED) is 0.785. The molecule has 0 aliphatic heterocycles. The lowest BCUT2D eigenvalue weighted by Gasteiger charge is -2.10. The molecule has 0 aliphatic carbocycles. The number of aryl methyl sites for hydroxylation is 1. The molecule has 0 amide bonds. The summed E-state index contributed by atoms with van der Waals surface area (Å²) in [6, 6.07) is 8.39. The topological polar surface area (TPSA) is 53.1 Å². The van der Waals surface area contributed by atoms with Crippen molar-refractivity contribution in [1.29, 1.82) is 0 Å². The summed E-state index contributed by atoms with van der Waals surface area (Å²) in [5.74, 6) is 0.544. The Morgan fingerprint density at radius 3 is 2.71 bits per heavy atom. The fourth-order valence-corrected chi connectivity index (χ4v) is 2.52. The number of anilines is 1. The van der Waals surface area contributed by atoms with Crippen LogP contribution < -0.4 is 10.5 Å². The molecule has 0 bridgehead atoms. The second-order valence-corrected chi connectivity index (χ2v) is 5.12. The predicted octanol–water partition coefficient (Wildman–Crippen LogP) is 3.72. The molecule has 0 radical (unpaired) electrons. The van der Waals surface area contributed by atoms with Crippen LogP contribution in [0.25, 0.3) is 16.7 Å². The highest BCUT2D eigenvalue weighted by Crippen LogP contribution is 2.29. The van der Waals surface area contributed by atoms with Crippen LogP contribution in [0.5, 0.6) is 5.75 Å². The Balaban J connectivity index is 2.27. The Morgan fingerprint density at radius 2 is 2.05 bits per heavy atom. The number of imidazole rings is 1. The van der Waals surface area contributed by atoms with Crippen LogP contribution in [0, 0.1) is 12.7 Å². The average Bonchev–Trinajstić information content (AvgIpc) is 2.74. The Labute approximate surface area is 125 Å². The third-order valence-electron chi connectivity index (χ3n) is 3.36. The molecule has 2 aromatic carbocycles. The second-order valence-electron chi connectivity index (χ2n) is 4.71. The van der Waals surface area contributed by atoms with E-state index in [0.29, 0.717) is 11.0 Å². The summed E-state index contributed by atoms with van der Waals surface area (Å²) in [6.07, 6.45) is 0. The Bertz CT molecular complexity index is 845. The van der Waals surface area contributed by atoms with E-state index in [2.05, 4.69) is 4.98 Å². The number of nitrogen functional groups attached to an aromatic ring is 1. The molecule has 1 heterocycles. The number of aromatic nitrogens is 2. The fraction of sp³-hybridized carbons (Fsp3) is 0.133. The number of nitrogens with zero attached hydrogens (tertiary/aromatic N) is 2. The minimum atomic E-state index is -0.504. The van der Waals surface area contributed by atoms with Gasteiger partial charge in [0.15, 0.2) is 0 Å². The molecule has 0 saturated carbocycles. The molecule has 1 aromatic heterocycles. The molecule has 0 spiro atoms. The third-order valence-corrected chi connectivity index (χ3v) is 3.65. The highest BCUT2D eigenvalue weighted by atomic mass is 35.5. The van der Waals surface area contributed by atoms with Crippen LogP contribution in [0.4, 0.5) is 10.3 Å². The number of fused-ring (bicyclic) bond motifs is 1. The molecule has 4 nitrogen and oxygen atoms in total. The number of nitrogens with two attached hydrogens (primary N) is 1. The zero-order chi connectivity index (χ0) is 15.1. The Morgan fingerprint density at radius 1 is 1.29 bits per heavy atom. The maximum Gasteiger partial charge on any atom is 0.205 e. The van der Waals surface area contributed by atoms with E-state index in [1.54, 1.807) is 11.7 Å². The van der Waals surface area contributed by atoms with Gasteiger partial charge in [0.05, 0.1) is 23.2 Å². The molecule has 2 N–H and O–H groups in total. The first-order valence-electron chi connectivity index (χ1n) is 6.29. The Kier molecular flexibility index (Phi) is 3.22. The van der Waals surface area contributed by atoms with E-state index in [0.717, 1.165) is 17.0 Å². The molecular formula is C15H13ClFN3O. The molecule has 21 heavy (non-hydrogen) atoms. The van der Waals surface area contributed by atoms with Crippen molar-refractivity contribution in [3.8, 4) is 11.4 Å². The molecule has 0 saturated heterocycles. The zero-order valence-electron chi connectivity index (χ0n) is 11.5. The molecule has 108 valence electrons. The molecule has 0 unspecified atom stereocenters. The van der Waals surface area contributed by atoms with E-state index < -0.39 is 5.82 Å². The van der Waals surface area contributed by atoms with Crippen LogP contribution in [0.2, 0.25) is 5.02 Å². The van der Waals surface area contributed by atoms with E-state index in [1.807, 2.05) is 25.1 Å². The van der Waals surface area contributed by atoms with Gasteiger partial charge in [0.1, 0.15) is 11.6 Å². The SMILES string of the molecule is COc1ccc(-n2c(N)nc3cc(Cl)c(F)cc32)cc1C. The summed E-state index contributed by atoms with van der Waals surface area (Å²) in [5, 5.41) is 0.0260. The van der Waals surface area contributed by atoms with Crippen molar-refractivity contribution in [2.24, 2.45) is 0 Å². The predicted molar refractivity (Wildman–Crippen MR) is 81.7 cm³/mol. The maximum atomic E-state index is 13.7. The number of ether oxygens (including phenoxy) is 1. The minimum Gasteiger partial charge on any atom is -0.496 e. The van der Waals surface area contributed by atoms with Crippen molar-refractivity contribution < 1.29 is 9.13 Å². The number of rotatable bonds is 2. The highest BCUT2D eigenvalue weighted by molar-refractivity contribution is 6.31. The van der Waals surface area contributed by atoms with Crippen molar-refractivity contribution in [1.82, 2.24) is 9.55 Å². The van der Waals surface area contributed by atoms with E-state index in [9.17, 15) is 4.39 Å². The van der Waals surface area contributed by atoms with Gasteiger partial charge in [-0.05, 0) is 36.8 Å². The number of hydrogen-bond donors (Lipinski definition) is 1. The summed E-state index contributed by atoms with van der Waals surface area (Å²) in [6.45, 7) is 1.93. The minimum absolute atomic E-state index is 0.0260. The van der Waals surface area contributed by atoms with E-state index in [-0.39, 0.29) is 11.0 Å².